The molecule has 1 unspecified atom stereocenters. The smallest absolute Gasteiger partial charge is 0.301 e. The van der Waals surface area contributed by atoms with Gasteiger partial charge in [-0.1, -0.05) is 56.4 Å². The monoisotopic (exact) mass is 516 g/mol. The zero-order valence-corrected chi connectivity index (χ0v) is 21.6. The molecule has 1 saturated heterocycles. The number of hydrogen-bond acceptors (Lipinski definition) is 6. The summed E-state index contributed by atoms with van der Waals surface area (Å²) in [5, 5.41) is 11.5. The minimum atomic E-state index is -0.915. The van der Waals surface area contributed by atoms with Crippen molar-refractivity contribution in [1.82, 2.24) is 4.98 Å². The van der Waals surface area contributed by atoms with Crippen molar-refractivity contribution in [3.63, 3.8) is 0 Å². The molecule has 0 aliphatic carbocycles. The Kier molecular flexibility index (Phi) is 6.07. The number of rotatable bonds is 4. The van der Waals surface area contributed by atoms with E-state index in [1.165, 1.54) is 40.5 Å². The van der Waals surface area contributed by atoms with Crippen LogP contribution in [0, 0.1) is 5.82 Å². The van der Waals surface area contributed by atoms with Crippen LogP contribution in [0.4, 0.5) is 9.52 Å². The van der Waals surface area contributed by atoms with Crippen LogP contribution in [0.25, 0.3) is 16.0 Å². The average Bonchev–Trinajstić information content (AvgIpc) is 3.41. The number of ether oxygens (including phenoxy) is 1. The van der Waals surface area contributed by atoms with E-state index < -0.39 is 23.5 Å². The van der Waals surface area contributed by atoms with Crippen LogP contribution in [-0.2, 0) is 15.0 Å². The third-order valence-corrected chi connectivity index (χ3v) is 7.46. The van der Waals surface area contributed by atoms with Crippen molar-refractivity contribution in [2.75, 3.05) is 12.0 Å². The molecule has 2 heterocycles. The molecule has 1 atom stereocenters. The van der Waals surface area contributed by atoms with Crippen LogP contribution < -0.4 is 9.64 Å². The van der Waals surface area contributed by atoms with Crippen LogP contribution in [0.3, 0.4) is 0 Å². The predicted octanol–water partition coefficient (Wildman–Crippen LogP) is 6.37. The highest BCUT2D eigenvalue weighted by molar-refractivity contribution is 7.22. The highest BCUT2D eigenvalue weighted by atomic mass is 32.1. The first-order valence-electron chi connectivity index (χ1n) is 11.7. The van der Waals surface area contributed by atoms with Crippen molar-refractivity contribution in [2.24, 2.45) is 0 Å². The lowest BCUT2D eigenvalue weighted by Crippen LogP contribution is -2.29. The Hall–Kier alpha value is -4.04. The fraction of sp³-hybridized carbons (Fsp3) is 0.207. The van der Waals surface area contributed by atoms with Gasteiger partial charge in [0.2, 0.25) is 0 Å². The van der Waals surface area contributed by atoms with Crippen molar-refractivity contribution in [2.45, 2.75) is 32.2 Å². The number of carbonyl (C=O) groups is 2. The van der Waals surface area contributed by atoms with Crippen molar-refractivity contribution < 1.29 is 23.8 Å². The molecule has 0 radical (unpaired) electrons. The molecule has 6 nitrogen and oxygen atoms in total. The lowest BCUT2D eigenvalue weighted by molar-refractivity contribution is -0.132. The van der Waals surface area contributed by atoms with Gasteiger partial charge in [0.25, 0.3) is 5.78 Å². The number of methoxy groups -OCH3 is 1. The zero-order chi connectivity index (χ0) is 26.5. The van der Waals surface area contributed by atoms with Crippen molar-refractivity contribution in [3.8, 4) is 5.75 Å². The van der Waals surface area contributed by atoms with E-state index in [4.69, 9.17) is 4.74 Å². The maximum absolute atomic E-state index is 13.5. The fourth-order valence-electron chi connectivity index (χ4n) is 4.40. The van der Waals surface area contributed by atoms with Gasteiger partial charge in [-0.3, -0.25) is 14.5 Å². The van der Waals surface area contributed by atoms with Gasteiger partial charge in [-0.15, -0.1) is 0 Å². The summed E-state index contributed by atoms with van der Waals surface area (Å²) in [6.45, 7) is 6.29. The number of halogens is 1. The number of aliphatic hydroxyl groups excluding tert-OH is 1. The Bertz CT molecular complexity index is 1550. The first-order chi connectivity index (χ1) is 17.6. The van der Waals surface area contributed by atoms with Crippen molar-refractivity contribution in [1.29, 1.82) is 0 Å². The molecular weight excluding hydrogens is 491 g/mol. The maximum Gasteiger partial charge on any atom is 0.301 e. The molecule has 0 spiro atoms. The van der Waals surface area contributed by atoms with Crippen LogP contribution >= 0.6 is 11.3 Å². The number of carbonyl (C=O) groups excluding carboxylic acids is 2. The molecule has 188 valence electrons. The third-order valence-electron chi connectivity index (χ3n) is 6.44. The van der Waals surface area contributed by atoms with E-state index >= 15 is 0 Å². The molecule has 1 aliphatic rings. The molecule has 0 bridgehead atoms. The van der Waals surface area contributed by atoms with E-state index in [9.17, 15) is 19.1 Å². The highest BCUT2D eigenvalue weighted by Crippen LogP contribution is 2.45. The van der Waals surface area contributed by atoms with Gasteiger partial charge < -0.3 is 9.84 Å². The van der Waals surface area contributed by atoms with Crippen molar-refractivity contribution in [3.05, 3.63) is 94.8 Å². The van der Waals surface area contributed by atoms with Gasteiger partial charge in [-0.25, -0.2) is 9.37 Å². The maximum atomic E-state index is 13.5. The van der Waals surface area contributed by atoms with Gasteiger partial charge in [-0.05, 0) is 59.0 Å². The van der Waals surface area contributed by atoms with Gasteiger partial charge >= 0.3 is 5.91 Å². The second-order valence-corrected chi connectivity index (χ2v) is 10.9. The fourth-order valence-corrected chi connectivity index (χ4v) is 5.42. The van der Waals surface area contributed by atoms with E-state index in [0.29, 0.717) is 22.0 Å². The molecule has 1 aliphatic heterocycles. The molecule has 0 saturated carbocycles. The van der Waals surface area contributed by atoms with Gasteiger partial charge in [0, 0.05) is 5.56 Å². The van der Waals surface area contributed by atoms with E-state index in [1.54, 1.807) is 19.2 Å². The quantitative estimate of drug-likeness (QED) is 0.194. The van der Waals surface area contributed by atoms with E-state index in [0.717, 1.165) is 10.3 Å². The highest BCUT2D eigenvalue weighted by Gasteiger charge is 2.48. The van der Waals surface area contributed by atoms with Crippen molar-refractivity contribution >= 4 is 44.1 Å². The number of aromatic nitrogens is 1. The predicted molar refractivity (Wildman–Crippen MR) is 142 cm³/mol. The number of amides is 1. The summed E-state index contributed by atoms with van der Waals surface area (Å²) in [5.74, 6) is -1.82. The number of fused-ring (bicyclic) bond motifs is 1. The molecule has 3 aromatic carbocycles. The summed E-state index contributed by atoms with van der Waals surface area (Å²) in [6.07, 6.45) is 0. The number of ketones is 1. The number of benzene rings is 3. The Morgan fingerprint density at radius 3 is 2.32 bits per heavy atom. The van der Waals surface area contributed by atoms with Crippen LogP contribution in [0.2, 0.25) is 0 Å². The first kappa shape index (κ1) is 24.6. The second kappa shape index (κ2) is 9.12. The summed E-state index contributed by atoms with van der Waals surface area (Å²) in [7, 11) is 1.57. The molecule has 4 aromatic rings. The number of nitrogens with zero attached hydrogens (tertiary/aromatic N) is 2. The normalized spacial score (nSPS) is 17.5. The van der Waals surface area contributed by atoms with Crippen LogP contribution in [0.5, 0.6) is 5.75 Å². The lowest BCUT2D eigenvalue weighted by atomic mass is 9.85. The third kappa shape index (κ3) is 4.38. The Labute approximate surface area is 217 Å². The summed E-state index contributed by atoms with van der Waals surface area (Å²) >= 11 is 1.26. The minimum Gasteiger partial charge on any atom is -0.507 e. The first-order valence-corrected chi connectivity index (χ1v) is 12.5. The largest absolute Gasteiger partial charge is 0.507 e. The molecular formula is C29H25FN2O4S. The van der Waals surface area contributed by atoms with Gasteiger partial charge in [-0.2, -0.15) is 0 Å². The van der Waals surface area contributed by atoms with E-state index in [1.807, 2.05) is 30.3 Å². The van der Waals surface area contributed by atoms with E-state index in [-0.39, 0.29) is 22.3 Å². The van der Waals surface area contributed by atoms with Gasteiger partial charge in [0.15, 0.2) is 5.13 Å². The van der Waals surface area contributed by atoms with Gasteiger partial charge in [0.05, 0.1) is 28.9 Å². The molecule has 37 heavy (non-hydrogen) atoms. The Morgan fingerprint density at radius 2 is 1.70 bits per heavy atom. The van der Waals surface area contributed by atoms with Crippen LogP contribution in [-0.4, -0.2) is 28.9 Å². The number of anilines is 1. The molecule has 1 N–H and O–H groups in total. The summed E-state index contributed by atoms with van der Waals surface area (Å²) in [6, 6.07) is 17.2. The summed E-state index contributed by atoms with van der Waals surface area (Å²) in [4.78, 5) is 32.8. The minimum absolute atomic E-state index is 0.0723. The Balaban J connectivity index is 1.70. The Morgan fingerprint density at radius 1 is 1.03 bits per heavy atom. The summed E-state index contributed by atoms with van der Waals surface area (Å²) < 4.78 is 19.6. The topological polar surface area (TPSA) is 79.7 Å². The zero-order valence-electron chi connectivity index (χ0n) is 20.8. The lowest BCUT2D eigenvalue weighted by Gasteiger charge is -2.24. The molecule has 5 rings (SSSR count). The van der Waals surface area contributed by atoms with E-state index in [2.05, 4.69) is 25.8 Å². The van der Waals surface area contributed by atoms with Crippen LogP contribution in [0.15, 0.2) is 72.3 Å². The number of hydrogen-bond donors (Lipinski definition) is 1. The number of Topliss-reactive ketones (excluding diaryl/α,β-unsaturated/α-hetero) is 1. The SMILES string of the molecule is COc1ccc2nc(N3C(=O)C(=O)/C(=C(/O)c4ccc(F)cc4)C3c3ccc(C(C)(C)C)cc3)sc2c1. The molecule has 8 heteroatoms. The summed E-state index contributed by atoms with van der Waals surface area (Å²) in [5.41, 5.74) is 2.46. The number of thiazole rings is 1. The molecule has 1 aromatic heterocycles. The number of aliphatic hydroxyl groups is 1. The average molecular weight is 517 g/mol. The molecule has 1 amide bonds. The van der Waals surface area contributed by atoms with Gasteiger partial charge in [0.1, 0.15) is 17.3 Å². The molecule has 1 fully saturated rings. The second-order valence-electron chi connectivity index (χ2n) is 9.88. The standard InChI is InChI=1S/C29H25FN2O4S/c1-29(2,3)18-9-5-16(6-10-18)24-23(25(33)17-7-11-19(30)12-8-17)26(34)27(35)32(24)28-31-21-14-13-20(36-4)15-22(21)37-28/h5-15,24,33H,1-4H3/b25-23+. The van der Waals surface area contributed by atoms with Crippen LogP contribution in [0.1, 0.15) is 43.5 Å².